The fraction of sp³-hybridized carbons (Fsp3) is 0.143. The zero-order valence-corrected chi connectivity index (χ0v) is 11.5. The van der Waals surface area contributed by atoms with Crippen molar-refractivity contribution in [1.82, 2.24) is 14.6 Å². The van der Waals surface area contributed by atoms with E-state index in [0.29, 0.717) is 12.2 Å². The van der Waals surface area contributed by atoms with Crippen molar-refractivity contribution in [2.45, 2.75) is 13.5 Å². The van der Waals surface area contributed by atoms with Crippen LogP contribution in [0.25, 0.3) is 5.65 Å². The van der Waals surface area contributed by atoms with Gasteiger partial charge in [-0.1, -0.05) is 11.6 Å². The summed E-state index contributed by atoms with van der Waals surface area (Å²) in [6.45, 7) is 2.45. The van der Waals surface area contributed by atoms with Crippen LogP contribution < -0.4 is 5.32 Å². The van der Waals surface area contributed by atoms with E-state index >= 15 is 0 Å². The molecule has 3 aromatic rings. The van der Waals surface area contributed by atoms with Gasteiger partial charge in [-0.15, -0.1) is 0 Å². The van der Waals surface area contributed by atoms with Crippen molar-refractivity contribution in [2.24, 2.45) is 0 Å². The van der Waals surface area contributed by atoms with Crippen LogP contribution >= 0.6 is 11.6 Å². The smallest absolute Gasteiger partial charge is 0.155 e. The Morgan fingerprint density at radius 1 is 1.35 bits per heavy atom. The molecule has 0 amide bonds. The molecule has 0 saturated carbocycles. The first kappa shape index (κ1) is 12.9. The lowest BCUT2D eigenvalue weighted by Gasteiger charge is -2.07. The maximum atomic E-state index is 13.3. The molecule has 0 saturated heterocycles. The summed E-state index contributed by atoms with van der Waals surface area (Å²) >= 11 is 5.64. The van der Waals surface area contributed by atoms with E-state index in [-0.39, 0.29) is 5.02 Å². The highest BCUT2D eigenvalue weighted by Gasteiger charge is 2.03. The number of nitrogens with zero attached hydrogens (tertiary/aromatic N) is 3. The predicted octanol–water partition coefficient (Wildman–Crippen LogP) is 3.44. The molecule has 0 spiro atoms. The summed E-state index contributed by atoms with van der Waals surface area (Å²) in [6.07, 6.45) is 3.67. The molecule has 20 heavy (non-hydrogen) atoms. The minimum absolute atomic E-state index is 0.116. The van der Waals surface area contributed by atoms with Gasteiger partial charge in [-0.05, 0) is 25.1 Å². The Kier molecular flexibility index (Phi) is 3.28. The average Bonchev–Trinajstić information content (AvgIpc) is 2.79. The Morgan fingerprint density at radius 3 is 3.00 bits per heavy atom. The van der Waals surface area contributed by atoms with Crippen LogP contribution in [0, 0.1) is 12.7 Å². The minimum Gasteiger partial charge on any atom is -0.381 e. The number of aryl methyl sites for hydroxylation is 1. The van der Waals surface area contributed by atoms with Gasteiger partial charge in [0.1, 0.15) is 5.82 Å². The van der Waals surface area contributed by atoms with E-state index in [9.17, 15) is 4.39 Å². The Balaban J connectivity index is 1.77. The van der Waals surface area contributed by atoms with E-state index < -0.39 is 5.82 Å². The summed E-state index contributed by atoms with van der Waals surface area (Å²) in [5.41, 5.74) is 3.35. The molecule has 3 rings (SSSR count). The molecule has 0 unspecified atom stereocenters. The van der Waals surface area contributed by atoms with Gasteiger partial charge < -0.3 is 5.32 Å². The molecule has 102 valence electrons. The third-order valence-corrected chi connectivity index (χ3v) is 3.21. The number of halogens is 2. The van der Waals surface area contributed by atoms with Crippen LogP contribution in [0.2, 0.25) is 5.02 Å². The maximum Gasteiger partial charge on any atom is 0.155 e. The molecule has 0 bridgehead atoms. The molecule has 0 aliphatic heterocycles. The number of nitrogens with one attached hydrogen (secondary N) is 1. The zero-order valence-electron chi connectivity index (χ0n) is 10.8. The average molecular weight is 291 g/mol. The second-order valence-electron chi connectivity index (χ2n) is 4.53. The Hall–Kier alpha value is -2.14. The van der Waals surface area contributed by atoms with Gasteiger partial charge in [0.05, 0.1) is 10.7 Å². The fourth-order valence-electron chi connectivity index (χ4n) is 1.94. The Bertz CT molecular complexity index is 769. The molecule has 0 radical (unpaired) electrons. The van der Waals surface area contributed by atoms with Crippen molar-refractivity contribution in [3.63, 3.8) is 0 Å². The van der Waals surface area contributed by atoms with Crippen molar-refractivity contribution in [3.05, 3.63) is 58.8 Å². The molecule has 0 aliphatic rings. The second kappa shape index (κ2) is 5.09. The highest BCUT2D eigenvalue weighted by molar-refractivity contribution is 6.30. The molecule has 0 aliphatic carbocycles. The van der Waals surface area contributed by atoms with Crippen LogP contribution in [-0.2, 0) is 6.54 Å². The van der Waals surface area contributed by atoms with Crippen molar-refractivity contribution in [2.75, 3.05) is 5.32 Å². The first-order chi connectivity index (χ1) is 9.61. The van der Waals surface area contributed by atoms with Gasteiger partial charge in [-0.2, -0.15) is 5.10 Å². The van der Waals surface area contributed by atoms with Crippen LogP contribution in [0.3, 0.4) is 0 Å². The quantitative estimate of drug-likeness (QED) is 0.803. The van der Waals surface area contributed by atoms with Crippen LogP contribution in [0.5, 0.6) is 0 Å². The zero-order chi connectivity index (χ0) is 14.1. The molecule has 2 heterocycles. The number of anilines is 1. The third-order valence-electron chi connectivity index (χ3n) is 2.91. The normalized spacial score (nSPS) is 10.9. The lowest BCUT2D eigenvalue weighted by molar-refractivity contribution is 0.628. The molecule has 2 aromatic heterocycles. The van der Waals surface area contributed by atoms with E-state index in [1.54, 1.807) is 16.8 Å². The van der Waals surface area contributed by atoms with E-state index in [1.165, 1.54) is 12.1 Å². The highest BCUT2D eigenvalue weighted by Crippen LogP contribution is 2.19. The van der Waals surface area contributed by atoms with Gasteiger partial charge in [0, 0.05) is 36.3 Å². The minimum atomic E-state index is -0.437. The maximum absolute atomic E-state index is 13.3. The second-order valence-corrected chi connectivity index (χ2v) is 4.94. The largest absolute Gasteiger partial charge is 0.381 e. The predicted molar refractivity (Wildman–Crippen MR) is 76.5 cm³/mol. The summed E-state index contributed by atoms with van der Waals surface area (Å²) in [5, 5.41) is 7.54. The van der Waals surface area contributed by atoms with Gasteiger partial charge in [0.2, 0.25) is 0 Å². The van der Waals surface area contributed by atoms with Crippen LogP contribution in [-0.4, -0.2) is 14.6 Å². The summed E-state index contributed by atoms with van der Waals surface area (Å²) in [6, 6.07) is 6.53. The standard InChI is InChI=1S/C14H12ClFN4/c1-9-4-14-18-7-10(8-20(14)19-9)6-17-11-2-3-12(15)13(16)5-11/h2-5,7-8,17H,6H2,1H3. The third kappa shape index (κ3) is 2.58. The van der Waals surface area contributed by atoms with Crippen molar-refractivity contribution in [3.8, 4) is 0 Å². The number of hydrogen-bond donors (Lipinski definition) is 1. The first-order valence-electron chi connectivity index (χ1n) is 6.12. The monoisotopic (exact) mass is 290 g/mol. The highest BCUT2D eigenvalue weighted by atomic mass is 35.5. The van der Waals surface area contributed by atoms with Crippen LogP contribution in [0.1, 0.15) is 11.3 Å². The van der Waals surface area contributed by atoms with E-state index in [4.69, 9.17) is 11.6 Å². The molecular weight excluding hydrogens is 279 g/mol. The molecule has 1 aromatic carbocycles. The summed E-state index contributed by atoms with van der Waals surface area (Å²) in [5.74, 6) is -0.437. The topological polar surface area (TPSA) is 42.2 Å². The van der Waals surface area contributed by atoms with Gasteiger partial charge in [-0.25, -0.2) is 13.9 Å². The van der Waals surface area contributed by atoms with Gasteiger partial charge >= 0.3 is 0 Å². The molecule has 4 nitrogen and oxygen atoms in total. The number of benzene rings is 1. The SMILES string of the molecule is Cc1cc2ncc(CNc3ccc(Cl)c(F)c3)cn2n1. The lowest BCUT2D eigenvalue weighted by atomic mass is 10.3. The van der Waals surface area contributed by atoms with Crippen molar-refractivity contribution < 1.29 is 4.39 Å². The van der Waals surface area contributed by atoms with E-state index in [1.807, 2.05) is 19.2 Å². The number of rotatable bonds is 3. The molecule has 0 fully saturated rings. The number of aromatic nitrogens is 3. The fourth-order valence-corrected chi connectivity index (χ4v) is 2.05. The lowest BCUT2D eigenvalue weighted by Crippen LogP contribution is -2.02. The van der Waals surface area contributed by atoms with Crippen LogP contribution in [0.4, 0.5) is 10.1 Å². The number of fused-ring (bicyclic) bond motifs is 1. The molecule has 0 atom stereocenters. The number of hydrogen-bond acceptors (Lipinski definition) is 3. The Morgan fingerprint density at radius 2 is 2.20 bits per heavy atom. The Labute approximate surface area is 120 Å². The summed E-state index contributed by atoms with van der Waals surface area (Å²) in [4.78, 5) is 4.31. The van der Waals surface area contributed by atoms with E-state index in [2.05, 4.69) is 15.4 Å². The van der Waals surface area contributed by atoms with Crippen molar-refractivity contribution >= 4 is 22.9 Å². The molecular formula is C14H12ClFN4. The summed E-state index contributed by atoms with van der Waals surface area (Å²) in [7, 11) is 0. The summed E-state index contributed by atoms with van der Waals surface area (Å²) < 4.78 is 15.0. The van der Waals surface area contributed by atoms with Crippen molar-refractivity contribution in [1.29, 1.82) is 0 Å². The first-order valence-corrected chi connectivity index (χ1v) is 6.49. The van der Waals surface area contributed by atoms with Crippen LogP contribution in [0.15, 0.2) is 36.7 Å². The van der Waals surface area contributed by atoms with E-state index in [0.717, 1.165) is 16.9 Å². The molecule has 6 heteroatoms. The van der Waals surface area contributed by atoms with Gasteiger partial charge in [0.25, 0.3) is 0 Å². The van der Waals surface area contributed by atoms with Gasteiger partial charge in [-0.3, -0.25) is 0 Å². The molecule has 1 N–H and O–H groups in total. The van der Waals surface area contributed by atoms with Gasteiger partial charge in [0.15, 0.2) is 5.65 Å².